The van der Waals surface area contributed by atoms with Gasteiger partial charge < -0.3 is 15.5 Å². The lowest BCUT2D eigenvalue weighted by molar-refractivity contribution is -0.123. The van der Waals surface area contributed by atoms with E-state index < -0.39 is 0 Å². The topological polar surface area (TPSA) is 82.5 Å². The molecule has 3 amide bonds. The first-order chi connectivity index (χ1) is 12.3. The summed E-state index contributed by atoms with van der Waals surface area (Å²) in [6.45, 7) is 14.3. The Hall–Kier alpha value is -2.09. The predicted octanol–water partition coefficient (Wildman–Crippen LogP) is 0.660. The third kappa shape index (κ3) is 5.45. The molecule has 1 aliphatic rings. The summed E-state index contributed by atoms with van der Waals surface area (Å²) in [4.78, 5) is 28.0. The Morgan fingerprint density at radius 2 is 1.77 bits per heavy atom. The maximum absolute atomic E-state index is 12.3. The number of hydrogen-bond donors (Lipinski definition) is 2. The molecule has 1 aliphatic heterocycles. The molecule has 0 atom stereocenters. The van der Waals surface area contributed by atoms with Crippen molar-refractivity contribution in [3.8, 4) is 0 Å². The lowest BCUT2D eigenvalue weighted by Crippen LogP contribution is -2.54. The average molecular weight is 364 g/mol. The van der Waals surface area contributed by atoms with Crippen LogP contribution in [-0.2, 0) is 11.3 Å². The van der Waals surface area contributed by atoms with E-state index in [1.54, 1.807) is 0 Å². The molecule has 0 aromatic carbocycles. The summed E-state index contributed by atoms with van der Waals surface area (Å²) >= 11 is 0. The first kappa shape index (κ1) is 20.2. The van der Waals surface area contributed by atoms with E-state index in [9.17, 15) is 9.59 Å². The molecule has 1 fully saturated rings. The molecule has 0 radical (unpaired) electrons. The fourth-order valence-electron chi connectivity index (χ4n) is 3.06. The molecule has 0 spiro atoms. The first-order valence-electron chi connectivity index (χ1n) is 9.33. The minimum atomic E-state index is -0.0467. The van der Waals surface area contributed by atoms with Crippen LogP contribution in [0.2, 0.25) is 0 Å². The van der Waals surface area contributed by atoms with E-state index >= 15 is 0 Å². The molecule has 26 heavy (non-hydrogen) atoms. The van der Waals surface area contributed by atoms with E-state index in [-0.39, 0.29) is 18.0 Å². The van der Waals surface area contributed by atoms with Gasteiger partial charge in [-0.1, -0.05) is 0 Å². The van der Waals surface area contributed by atoms with E-state index in [0.29, 0.717) is 32.7 Å². The number of piperazine rings is 1. The highest BCUT2D eigenvalue weighted by molar-refractivity contribution is 5.78. The Morgan fingerprint density at radius 3 is 2.31 bits per heavy atom. The van der Waals surface area contributed by atoms with Crippen LogP contribution in [0.3, 0.4) is 0 Å². The quantitative estimate of drug-likeness (QED) is 0.777. The fourth-order valence-corrected chi connectivity index (χ4v) is 3.06. The number of carbonyl (C=O) groups is 2. The first-order valence-corrected chi connectivity index (χ1v) is 9.33. The summed E-state index contributed by atoms with van der Waals surface area (Å²) in [6.07, 6.45) is 0. The Bertz CT molecular complexity index is 632. The van der Waals surface area contributed by atoms with Crippen molar-refractivity contribution in [1.29, 1.82) is 0 Å². The normalized spacial score (nSPS) is 15.4. The van der Waals surface area contributed by atoms with Gasteiger partial charge in [-0.25, -0.2) is 4.79 Å². The van der Waals surface area contributed by atoms with Crippen LogP contribution in [0.5, 0.6) is 0 Å². The van der Waals surface area contributed by atoms with Gasteiger partial charge in [0.2, 0.25) is 5.91 Å². The number of rotatable bonds is 6. The molecule has 2 N–H and O–H groups in total. The van der Waals surface area contributed by atoms with Gasteiger partial charge in [-0.05, 0) is 40.2 Å². The van der Waals surface area contributed by atoms with Gasteiger partial charge in [0.1, 0.15) is 0 Å². The van der Waals surface area contributed by atoms with Crippen LogP contribution in [0, 0.1) is 20.8 Å². The van der Waals surface area contributed by atoms with Crippen molar-refractivity contribution in [1.82, 2.24) is 30.2 Å². The highest BCUT2D eigenvalue weighted by Gasteiger charge is 2.22. The minimum absolute atomic E-state index is 0.0399. The van der Waals surface area contributed by atoms with E-state index in [1.165, 1.54) is 5.56 Å². The molecule has 146 valence electrons. The Balaban J connectivity index is 1.69. The summed E-state index contributed by atoms with van der Waals surface area (Å²) in [5.41, 5.74) is 3.38. The number of carbonyl (C=O) groups excluding carboxylic acids is 2. The van der Waals surface area contributed by atoms with Gasteiger partial charge >= 0.3 is 6.03 Å². The summed E-state index contributed by atoms with van der Waals surface area (Å²) in [7, 11) is 0. The number of hydrogen-bond acceptors (Lipinski definition) is 4. The van der Waals surface area contributed by atoms with Gasteiger partial charge in [0.05, 0.1) is 18.8 Å². The maximum Gasteiger partial charge on any atom is 0.317 e. The van der Waals surface area contributed by atoms with Crippen molar-refractivity contribution in [2.24, 2.45) is 0 Å². The van der Waals surface area contributed by atoms with Gasteiger partial charge in [0.25, 0.3) is 0 Å². The van der Waals surface area contributed by atoms with Crippen molar-refractivity contribution in [3.05, 3.63) is 17.0 Å². The molecule has 2 rings (SSSR count). The maximum atomic E-state index is 12.3. The minimum Gasteiger partial charge on any atom is -0.353 e. The van der Waals surface area contributed by atoms with Crippen molar-refractivity contribution < 1.29 is 9.59 Å². The summed E-state index contributed by atoms with van der Waals surface area (Å²) in [6, 6.07) is 0.107. The van der Waals surface area contributed by atoms with E-state index in [4.69, 9.17) is 0 Å². The largest absolute Gasteiger partial charge is 0.353 e. The number of amides is 3. The SMILES string of the molecule is Cc1nn(CCNC(=O)N2CCN(CC(=O)NC(C)C)CC2)c(C)c1C. The van der Waals surface area contributed by atoms with Gasteiger partial charge in [0, 0.05) is 44.5 Å². The smallest absolute Gasteiger partial charge is 0.317 e. The zero-order valence-corrected chi connectivity index (χ0v) is 16.6. The van der Waals surface area contributed by atoms with Crippen molar-refractivity contribution in [2.45, 2.75) is 47.2 Å². The fraction of sp³-hybridized carbons (Fsp3) is 0.722. The van der Waals surface area contributed by atoms with Gasteiger partial charge in [-0.15, -0.1) is 0 Å². The molecule has 8 heteroatoms. The van der Waals surface area contributed by atoms with Crippen LogP contribution < -0.4 is 10.6 Å². The third-order valence-electron chi connectivity index (χ3n) is 4.82. The van der Waals surface area contributed by atoms with Gasteiger partial charge in [-0.3, -0.25) is 14.4 Å². The van der Waals surface area contributed by atoms with Gasteiger partial charge in [0.15, 0.2) is 0 Å². The zero-order chi connectivity index (χ0) is 19.3. The Morgan fingerprint density at radius 1 is 1.12 bits per heavy atom. The number of urea groups is 1. The number of nitrogens with one attached hydrogen (secondary N) is 2. The summed E-state index contributed by atoms with van der Waals surface area (Å²) < 4.78 is 1.94. The highest BCUT2D eigenvalue weighted by Crippen LogP contribution is 2.10. The molecule has 0 aliphatic carbocycles. The second kappa shape index (κ2) is 9.02. The molecule has 0 bridgehead atoms. The van der Waals surface area contributed by atoms with Crippen LogP contribution in [0.4, 0.5) is 4.79 Å². The second-order valence-corrected chi connectivity index (χ2v) is 7.24. The van der Waals surface area contributed by atoms with Crippen LogP contribution in [0.15, 0.2) is 0 Å². The monoisotopic (exact) mass is 364 g/mol. The molecule has 1 aromatic rings. The van der Waals surface area contributed by atoms with E-state index in [1.807, 2.05) is 37.3 Å². The lowest BCUT2D eigenvalue weighted by Gasteiger charge is -2.34. The molecule has 0 saturated carbocycles. The van der Waals surface area contributed by atoms with Crippen LogP contribution in [0.1, 0.15) is 30.8 Å². The summed E-state index contributed by atoms with van der Waals surface area (Å²) in [5, 5.41) is 10.3. The average Bonchev–Trinajstić information content (AvgIpc) is 2.82. The van der Waals surface area contributed by atoms with E-state index in [0.717, 1.165) is 24.5 Å². The standard InChI is InChI=1S/C18H32N6O2/c1-13(2)20-17(25)12-22-8-10-23(11-9-22)18(26)19-6-7-24-16(5)14(3)15(4)21-24/h13H,6-12H2,1-5H3,(H,19,26)(H,20,25). The van der Waals surface area contributed by atoms with Crippen molar-refractivity contribution in [2.75, 3.05) is 39.3 Å². The summed E-state index contributed by atoms with van der Waals surface area (Å²) in [5.74, 6) is 0.0399. The Kier molecular flexibility index (Phi) is 7.02. The molecule has 1 aromatic heterocycles. The number of aromatic nitrogens is 2. The number of aryl methyl sites for hydroxylation is 1. The van der Waals surface area contributed by atoms with Crippen molar-refractivity contribution in [3.63, 3.8) is 0 Å². The lowest BCUT2D eigenvalue weighted by atomic mass is 10.2. The van der Waals surface area contributed by atoms with E-state index in [2.05, 4.69) is 27.6 Å². The Labute approximate surface area is 155 Å². The third-order valence-corrected chi connectivity index (χ3v) is 4.82. The van der Waals surface area contributed by atoms with Crippen LogP contribution in [-0.4, -0.2) is 76.8 Å². The van der Waals surface area contributed by atoms with Crippen LogP contribution in [0.25, 0.3) is 0 Å². The van der Waals surface area contributed by atoms with Crippen molar-refractivity contribution >= 4 is 11.9 Å². The van der Waals surface area contributed by atoms with Gasteiger partial charge in [-0.2, -0.15) is 5.10 Å². The number of nitrogens with zero attached hydrogens (tertiary/aromatic N) is 4. The molecular weight excluding hydrogens is 332 g/mol. The van der Waals surface area contributed by atoms with Crippen LogP contribution >= 0.6 is 0 Å². The predicted molar refractivity (Wildman–Crippen MR) is 101 cm³/mol. The molecule has 8 nitrogen and oxygen atoms in total. The second-order valence-electron chi connectivity index (χ2n) is 7.24. The molecular formula is C18H32N6O2. The zero-order valence-electron chi connectivity index (χ0n) is 16.6. The highest BCUT2D eigenvalue weighted by atomic mass is 16.2. The molecule has 1 saturated heterocycles. The molecule has 2 heterocycles. The molecule has 0 unspecified atom stereocenters.